The van der Waals surface area contributed by atoms with Crippen molar-refractivity contribution in [2.45, 2.75) is 13.3 Å². The van der Waals surface area contributed by atoms with Crippen LogP contribution >= 0.6 is 11.3 Å². The van der Waals surface area contributed by atoms with Gasteiger partial charge in [0.1, 0.15) is 0 Å². The van der Waals surface area contributed by atoms with Crippen molar-refractivity contribution in [2.75, 3.05) is 6.54 Å². The Morgan fingerprint density at radius 1 is 1.50 bits per heavy atom. The zero-order valence-electron chi connectivity index (χ0n) is 9.03. The molecule has 0 bridgehead atoms. The Morgan fingerprint density at radius 3 is 3.00 bits per heavy atom. The van der Waals surface area contributed by atoms with Crippen molar-refractivity contribution in [3.8, 4) is 0 Å². The maximum atomic E-state index is 11.7. The van der Waals surface area contributed by atoms with Crippen LogP contribution in [0, 0.1) is 6.92 Å². The Kier molecular flexibility index (Phi) is 3.41. The molecule has 1 amide bonds. The van der Waals surface area contributed by atoms with Crippen LogP contribution < -0.4 is 5.32 Å². The van der Waals surface area contributed by atoms with Gasteiger partial charge in [-0.15, -0.1) is 11.3 Å². The molecule has 0 unspecified atom stereocenters. The summed E-state index contributed by atoms with van der Waals surface area (Å²) < 4.78 is 5.10. The SMILES string of the molecule is Cc1ccoc1C(=O)NCCc1cccs1. The number of hydrogen-bond donors (Lipinski definition) is 1. The van der Waals surface area contributed by atoms with Gasteiger partial charge in [-0.3, -0.25) is 4.79 Å². The average Bonchev–Trinajstić information content (AvgIpc) is 2.88. The van der Waals surface area contributed by atoms with Crippen LogP contribution in [0.2, 0.25) is 0 Å². The lowest BCUT2D eigenvalue weighted by Gasteiger charge is -2.02. The van der Waals surface area contributed by atoms with E-state index in [-0.39, 0.29) is 5.91 Å². The number of nitrogens with one attached hydrogen (secondary N) is 1. The first-order valence-corrected chi connectivity index (χ1v) is 6.00. The fourth-order valence-electron chi connectivity index (χ4n) is 1.44. The molecule has 0 aromatic carbocycles. The molecular weight excluding hydrogens is 222 g/mol. The second kappa shape index (κ2) is 4.99. The summed E-state index contributed by atoms with van der Waals surface area (Å²) in [5, 5.41) is 4.87. The molecular formula is C12H13NO2S. The van der Waals surface area contributed by atoms with Crippen LogP contribution in [-0.2, 0) is 6.42 Å². The molecule has 0 aliphatic heterocycles. The molecule has 0 fully saturated rings. The quantitative estimate of drug-likeness (QED) is 0.885. The van der Waals surface area contributed by atoms with E-state index in [1.165, 1.54) is 11.1 Å². The van der Waals surface area contributed by atoms with Gasteiger partial charge in [0.25, 0.3) is 5.91 Å². The molecule has 0 aliphatic rings. The lowest BCUT2D eigenvalue weighted by molar-refractivity contribution is 0.0925. The maximum absolute atomic E-state index is 11.7. The first kappa shape index (κ1) is 11.0. The number of thiophene rings is 1. The van der Waals surface area contributed by atoms with Gasteiger partial charge in [-0.1, -0.05) is 6.07 Å². The molecule has 4 heteroatoms. The molecule has 0 atom stereocenters. The number of carbonyl (C=O) groups is 1. The fourth-order valence-corrected chi connectivity index (χ4v) is 2.15. The van der Waals surface area contributed by atoms with E-state index in [1.54, 1.807) is 17.4 Å². The van der Waals surface area contributed by atoms with Crippen LogP contribution in [0.3, 0.4) is 0 Å². The normalized spacial score (nSPS) is 10.3. The number of hydrogen-bond acceptors (Lipinski definition) is 3. The van der Waals surface area contributed by atoms with Crippen molar-refractivity contribution >= 4 is 17.2 Å². The average molecular weight is 235 g/mol. The van der Waals surface area contributed by atoms with Gasteiger partial charge in [0.2, 0.25) is 0 Å². The van der Waals surface area contributed by atoms with Crippen molar-refractivity contribution in [1.29, 1.82) is 0 Å². The molecule has 84 valence electrons. The van der Waals surface area contributed by atoms with Crippen molar-refractivity contribution in [2.24, 2.45) is 0 Å². The highest BCUT2D eigenvalue weighted by Gasteiger charge is 2.11. The van der Waals surface area contributed by atoms with E-state index in [1.807, 2.05) is 18.4 Å². The van der Waals surface area contributed by atoms with Gasteiger partial charge in [0.05, 0.1) is 6.26 Å². The molecule has 3 nitrogen and oxygen atoms in total. The molecule has 2 aromatic heterocycles. The topological polar surface area (TPSA) is 42.2 Å². The van der Waals surface area contributed by atoms with E-state index in [0.29, 0.717) is 12.3 Å². The van der Waals surface area contributed by atoms with E-state index in [2.05, 4.69) is 11.4 Å². The van der Waals surface area contributed by atoms with E-state index in [0.717, 1.165) is 12.0 Å². The molecule has 0 saturated carbocycles. The second-order valence-corrected chi connectivity index (χ2v) is 4.55. The first-order valence-electron chi connectivity index (χ1n) is 5.12. The van der Waals surface area contributed by atoms with Crippen LogP contribution in [-0.4, -0.2) is 12.5 Å². The van der Waals surface area contributed by atoms with Crippen LogP contribution in [0.25, 0.3) is 0 Å². The van der Waals surface area contributed by atoms with E-state index >= 15 is 0 Å². The summed E-state index contributed by atoms with van der Waals surface area (Å²) in [6.07, 6.45) is 2.40. The number of rotatable bonds is 4. The predicted molar refractivity (Wildman–Crippen MR) is 63.8 cm³/mol. The predicted octanol–water partition coefficient (Wildman–Crippen LogP) is 2.62. The van der Waals surface area contributed by atoms with Gasteiger partial charge in [0, 0.05) is 17.0 Å². The van der Waals surface area contributed by atoms with Crippen LogP contribution in [0.4, 0.5) is 0 Å². The van der Waals surface area contributed by atoms with Crippen LogP contribution in [0.15, 0.2) is 34.3 Å². The first-order chi connectivity index (χ1) is 7.77. The minimum absolute atomic E-state index is 0.140. The minimum atomic E-state index is -0.140. The Morgan fingerprint density at radius 2 is 2.38 bits per heavy atom. The molecule has 0 radical (unpaired) electrons. The highest BCUT2D eigenvalue weighted by Crippen LogP contribution is 2.10. The fraction of sp³-hybridized carbons (Fsp3) is 0.250. The summed E-state index contributed by atoms with van der Waals surface area (Å²) in [6, 6.07) is 5.86. The third-order valence-corrected chi connectivity index (χ3v) is 3.24. The summed E-state index contributed by atoms with van der Waals surface area (Å²) >= 11 is 1.70. The van der Waals surface area contributed by atoms with Crippen molar-refractivity contribution in [3.05, 3.63) is 46.0 Å². The van der Waals surface area contributed by atoms with Gasteiger partial charge < -0.3 is 9.73 Å². The second-order valence-electron chi connectivity index (χ2n) is 3.52. The van der Waals surface area contributed by atoms with Crippen molar-refractivity contribution in [1.82, 2.24) is 5.32 Å². The molecule has 2 aromatic rings. The zero-order chi connectivity index (χ0) is 11.4. The Hall–Kier alpha value is -1.55. The monoisotopic (exact) mass is 235 g/mol. The summed E-state index contributed by atoms with van der Waals surface area (Å²) in [5.74, 6) is 0.269. The van der Waals surface area contributed by atoms with Gasteiger partial charge in [-0.2, -0.15) is 0 Å². The van der Waals surface area contributed by atoms with E-state index < -0.39 is 0 Å². The highest BCUT2D eigenvalue weighted by molar-refractivity contribution is 7.09. The third kappa shape index (κ3) is 2.52. The van der Waals surface area contributed by atoms with E-state index in [9.17, 15) is 4.79 Å². The summed E-state index contributed by atoms with van der Waals surface area (Å²) in [5.41, 5.74) is 0.869. The molecule has 0 saturated heterocycles. The van der Waals surface area contributed by atoms with E-state index in [4.69, 9.17) is 4.42 Å². The molecule has 0 spiro atoms. The minimum Gasteiger partial charge on any atom is -0.459 e. The molecule has 2 rings (SSSR count). The summed E-state index contributed by atoms with van der Waals surface area (Å²) in [4.78, 5) is 12.9. The molecule has 2 heterocycles. The number of furan rings is 1. The maximum Gasteiger partial charge on any atom is 0.287 e. The lowest BCUT2D eigenvalue weighted by atomic mass is 10.2. The van der Waals surface area contributed by atoms with Gasteiger partial charge in [-0.05, 0) is 30.9 Å². The van der Waals surface area contributed by atoms with Crippen molar-refractivity contribution in [3.63, 3.8) is 0 Å². The van der Waals surface area contributed by atoms with Crippen molar-refractivity contribution < 1.29 is 9.21 Å². The lowest BCUT2D eigenvalue weighted by Crippen LogP contribution is -2.25. The van der Waals surface area contributed by atoms with Crippen LogP contribution in [0.1, 0.15) is 21.0 Å². The Bertz CT molecular complexity index is 459. The molecule has 0 aliphatic carbocycles. The Labute approximate surface area is 98.1 Å². The van der Waals surface area contributed by atoms with Gasteiger partial charge >= 0.3 is 0 Å². The zero-order valence-corrected chi connectivity index (χ0v) is 9.84. The highest BCUT2D eigenvalue weighted by atomic mass is 32.1. The summed E-state index contributed by atoms with van der Waals surface area (Å²) in [6.45, 7) is 2.50. The number of amides is 1. The number of carbonyl (C=O) groups excluding carboxylic acids is 1. The van der Waals surface area contributed by atoms with Gasteiger partial charge in [0.15, 0.2) is 5.76 Å². The van der Waals surface area contributed by atoms with Crippen LogP contribution in [0.5, 0.6) is 0 Å². The molecule has 16 heavy (non-hydrogen) atoms. The van der Waals surface area contributed by atoms with Gasteiger partial charge in [-0.25, -0.2) is 0 Å². The Balaban J connectivity index is 1.83. The summed E-state index contributed by atoms with van der Waals surface area (Å²) in [7, 11) is 0. The smallest absolute Gasteiger partial charge is 0.287 e. The molecule has 1 N–H and O–H groups in total. The largest absolute Gasteiger partial charge is 0.459 e. The number of aryl methyl sites for hydroxylation is 1. The standard InChI is InChI=1S/C12H13NO2S/c1-9-5-7-15-11(9)12(14)13-6-4-10-3-2-8-16-10/h2-3,5,7-8H,4,6H2,1H3,(H,13,14). The third-order valence-electron chi connectivity index (χ3n) is 2.31.